The van der Waals surface area contributed by atoms with E-state index >= 15 is 0 Å². The zero-order valence-corrected chi connectivity index (χ0v) is 10.7. The second kappa shape index (κ2) is 6.52. The third-order valence-corrected chi connectivity index (χ3v) is 3.63. The van der Waals surface area contributed by atoms with E-state index in [4.69, 9.17) is 5.73 Å². The molecule has 1 aromatic carbocycles. The molecule has 0 bridgehead atoms. The van der Waals surface area contributed by atoms with E-state index in [0.717, 1.165) is 32.2 Å². The van der Waals surface area contributed by atoms with E-state index in [0.29, 0.717) is 0 Å². The van der Waals surface area contributed by atoms with Gasteiger partial charge in [0.05, 0.1) is 10.7 Å². The highest BCUT2D eigenvalue weighted by molar-refractivity contribution is 7.09. The molecule has 0 fully saturated rings. The number of nitrogens with two attached hydrogens (primary N) is 1. The number of hydrogen-bond acceptors (Lipinski definition) is 3. The van der Waals surface area contributed by atoms with Gasteiger partial charge in [0.1, 0.15) is 0 Å². The van der Waals surface area contributed by atoms with Crippen LogP contribution in [0, 0.1) is 0 Å². The summed E-state index contributed by atoms with van der Waals surface area (Å²) in [5.74, 6) is 0. The fourth-order valence-electron chi connectivity index (χ4n) is 1.77. The van der Waals surface area contributed by atoms with Crippen molar-refractivity contribution in [3.63, 3.8) is 0 Å². The molecule has 3 heteroatoms. The topological polar surface area (TPSA) is 38.9 Å². The molecule has 2 aromatic rings. The molecule has 1 heterocycles. The average Bonchev–Trinajstić information content (AvgIpc) is 2.79. The highest BCUT2D eigenvalue weighted by Crippen LogP contribution is 2.15. The van der Waals surface area contributed by atoms with E-state index in [1.54, 1.807) is 11.3 Å². The van der Waals surface area contributed by atoms with Crippen molar-refractivity contribution in [3.05, 3.63) is 52.0 Å². The maximum atomic E-state index is 5.48. The van der Waals surface area contributed by atoms with Crippen molar-refractivity contribution in [1.82, 2.24) is 4.98 Å². The molecule has 0 amide bonds. The van der Waals surface area contributed by atoms with Crippen LogP contribution in [0.3, 0.4) is 0 Å². The van der Waals surface area contributed by atoms with E-state index in [2.05, 4.69) is 34.6 Å². The van der Waals surface area contributed by atoms with Crippen LogP contribution in [-0.2, 0) is 12.8 Å². The Bertz CT molecular complexity index is 436. The minimum Gasteiger partial charge on any atom is -0.330 e. The van der Waals surface area contributed by atoms with Gasteiger partial charge in [-0.3, -0.25) is 0 Å². The van der Waals surface area contributed by atoms with Crippen LogP contribution in [-0.4, -0.2) is 11.5 Å². The zero-order chi connectivity index (χ0) is 11.9. The zero-order valence-electron chi connectivity index (χ0n) is 9.93. The number of aryl methyl sites for hydroxylation is 1. The largest absolute Gasteiger partial charge is 0.330 e. The first kappa shape index (κ1) is 12.3. The summed E-state index contributed by atoms with van der Waals surface area (Å²) in [7, 11) is 0. The van der Waals surface area contributed by atoms with Crippen LogP contribution in [0.15, 0.2) is 35.7 Å². The monoisotopic (exact) mass is 246 g/mol. The summed E-state index contributed by atoms with van der Waals surface area (Å²) in [6, 6.07) is 10.5. The number of rotatable bonds is 6. The SMILES string of the molecule is NCCCCc1nc(Cc2ccccc2)cs1. The number of unbranched alkanes of at least 4 members (excludes halogenated alkanes) is 1. The molecule has 0 aliphatic heterocycles. The third kappa shape index (κ3) is 3.95. The van der Waals surface area contributed by atoms with Gasteiger partial charge >= 0.3 is 0 Å². The first-order chi connectivity index (χ1) is 8.38. The van der Waals surface area contributed by atoms with Gasteiger partial charge in [0.15, 0.2) is 0 Å². The quantitative estimate of drug-likeness (QED) is 0.796. The van der Waals surface area contributed by atoms with E-state index in [1.807, 2.05) is 6.07 Å². The van der Waals surface area contributed by atoms with E-state index in [9.17, 15) is 0 Å². The predicted octanol–water partition coefficient (Wildman–Crippen LogP) is 3.02. The Balaban J connectivity index is 1.90. The van der Waals surface area contributed by atoms with Gasteiger partial charge in [0.25, 0.3) is 0 Å². The maximum absolute atomic E-state index is 5.48. The first-order valence-electron chi connectivity index (χ1n) is 6.06. The normalized spacial score (nSPS) is 10.6. The number of nitrogens with zero attached hydrogens (tertiary/aromatic N) is 1. The minimum atomic E-state index is 0.780. The molecular weight excluding hydrogens is 228 g/mol. The molecule has 2 N–H and O–H groups in total. The molecule has 0 unspecified atom stereocenters. The van der Waals surface area contributed by atoms with Crippen LogP contribution in [0.25, 0.3) is 0 Å². The summed E-state index contributed by atoms with van der Waals surface area (Å²) >= 11 is 1.77. The van der Waals surface area contributed by atoms with Gasteiger partial charge < -0.3 is 5.73 Å². The van der Waals surface area contributed by atoms with Crippen LogP contribution < -0.4 is 5.73 Å². The van der Waals surface area contributed by atoms with Gasteiger partial charge in [0, 0.05) is 11.8 Å². The summed E-state index contributed by atoms with van der Waals surface area (Å²) in [5, 5.41) is 3.41. The molecule has 0 saturated heterocycles. The molecular formula is C14H18N2S. The molecule has 0 atom stereocenters. The van der Waals surface area contributed by atoms with Crippen LogP contribution in [0.1, 0.15) is 29.1 Å². The van der Waals surface area contributed by atoms with Crippen LogP contribution in [0.5, 0.6) is 0 Å². The lowest BCUT2D eigenvalue weighted by Gasteiger charge is -1.97. The lowest BCUT2D eigenvalue weighted by atomic mass is 10.1. The number of benzene rings is 1. The van der Waals surface area contributed by atoms with Crippen molar-refractivity contribution >= 4 is 11.3 Å². The van der Waals surface area contributed by atoms with E-state index in [-0.39, 0.29) is 0 Å². The summed E-state index contributed by atoms with van der Waals surface area (Å²) < 4.78 is 0. The van der Waals surface area contributed by atoms with Crippen molar-refractivity contribution in [2.24, 2.45) is 5.73 Å². The lowest BCUT2D eigenvalue weighted by molar-refractivity contribution is 0.740. The van der Waals surface area contributed by atoms with E-state index < -0.39 is 0 Å². The number of thiazole rings is 1. The van der Waals surface area contributed by atoms with Gasteiger partial charge in [-0.05, 0) is 31.4 Å². The fourth-order valence-corrected chi connectivity index (χ4v) is 2.61. The Morgan fingerprint density at radius 1 is 1.12 bits per heavy atom. The summed E-state index contributed by atoms with van der Waals surface area (Å²) in [6.45, 7) is 0.780. The van der Waals surface area contributed by atoms with Gasteiger partial charge in [0.2, 0.25) is 0 Å². The first-order valence-corrected chi connectivity index (χ1v) is 6.93. The maximum Gasteiger partial charge on any atom is 0.0928 e. The molecule has 1 aromatic heterocycles. The van der Waals surface area contributed by atoms with Crippen LogP contribution in [0.2, 0.25) is 0 Å². The van der Waals surface area contributed by atoms with E-state index in [1.165, 1.54) is 16.3 Å². The smallest absolute Gasteiger partial charge is 0.0928 e. The highest BCUT2D eigenvalue weighted by Gasteiger charge is 2.02. The standard InChI is InChI=1S/C14H18N2S/c15-9-5-4-8-14-16-13(11-17-14)10-12-6-2-1-3-7-12/h1-3,6-7,11H,4-5,8-10,15H2. The van der Waals surface area contributed by atoms with Crippen molar-refractivity contribution in [2.45, 2.75) is 25.7 Å². The van der Waals surface area contributed by atoms with Crippen LogP contribution >= 0.6 is 11.3 Å². The van der Waals surface area contributed by atoms with Gasteiger partial charge in [-0.1, -0.05) is 30.3 Å². The summed E-state index contributed by atoms with van der Waals surface area (Å²) in [6.07, 6.45) is 4.24. The number of hydrogen-bond donors (Lipinski definition) is 1. The third-order valence-electron chi connectivity index (χ3n) is 2.67. The van der Waals surface area contributed by atoms with Crippen molar-refractivity contribution < 1.29 is 0 Å². The van der Waals surface area contributed by atoms with Crippen molar-refractivity contribution in [1.29, 1.82) is 0 Å². The second-order valence-electron chi connectivity index (χ2n) is 4.14. The molecule has 17 heavy (non-hydrogen) atoms. The Labute approximate surface area is 107 Å². The second-order valence-corrected chi connectivity index (χ2v) is 5.08. The van der Waals surface area contributed by atoms with Gasteiger partial charge in [-0.15, -0.1) is 11.3 Å². The molecule has 0 aliphatic rings. The Kier molecular flexibility index (Phi) is 4.71. The number of aromatic nitrogens is 1. The molecule has 0 aliphatic carbocycles. The Hall–Kier alpha value is -1.19. The molecule has 0 saturated carbocycles. The average molecular weight is 246 g/mol. The minimum absolute atomic E-state index is 0.780. The van der Waals surface area contributed by atoms with Crippen molar-refractivity contribution in [3.8, 4) is 0 Å². The fraction of sp³-hybridized carbons (Fsp3) is 0.357. The highest BCUT2D eigenvalue weighted by atomic mass is 32.1. The molecule has 2 nitrogen and oxygen atoms in total. The molecule has 0 radical (unpaired) electrons. The molecule has 2 rings (SSSR count). The summed E-state index contributed by atoms with van der Waals surface area (Å²) in [4.78, 5) is 4.66. The summed E-state index contributed by atoms with van der Waals surface area (Å²) in [5.41, 5.74) is 7.99. The predicted molar refractivity (Wildman–Crippen MR) is 73.4 cm³/mol. The molecule has 90 valence electrons. The van der Waals surface area contributed by atoms with Crippen LogP contribution in [0.4, 0.5) is 0 Å². The Morgan fingerprint density at radius 3 is 2.71 bits per heavy atom. The van der Waals surface area contributed by atoms with Gasteiger partial charge in [-0.2, -0.15) is 0 Å². The lowest BCUT2D eigenvalue weighted by Crippen LogP contribution is -1.99. The van der Waals surface area contributed by atoms with Crippen molar-refractivity contribution in [2.75, 3.05) is 6.54 Å². The van der Waals surface area contributed by atoms with Gasteiger partial charge in [-0.25, -0.2) is 4.98 Å². The molecule has 0 spiro atoms. The Morgan fingerprint density at radius 2 is 1.94 bits per heavy atom.